The molecule has 1 fully saturated rings. The zero-order chi connectivity index (χ0) is 16.3. The summed E-state index contributed by atoms with van der Waals surface area (Å²) in [5.74, 6) is 0.0763. The van der Waals surface area contributed by atoms with Crippen LogP contribution in [-0.2, 0) is 16.8 Å². The lowest BCUT2D eigenvalue weighted by atomic mass is 9.79. The summed E-state index contributed by atoms with van der Waals surface area (Å²) >= 11 is 0. The van der Waals surface area contributed by atoms with E-state index in [0.29, 0.717) is 13.0 Å². The third-order valence-electron chi connectivity index (χ3n) is 5.29. The lowest BCUT2D eigenvalue weighted by Crippen LogP contribution is -2.49. The molecule has 1 aromatic rings. The van der Waals surface area contributed by atoms with Crippen LogP contribution in [0.15, 0.2) is 24.3 Å². The Morgan fingerprint density at radius 1 is 1.39 bits per heavy atom. The molecule has 0 spiro atoms. The molecule has 2 N–H and O–H groups in total. The van der Waals surface area contributed by atoms with Gasteiger partial charge in [0.05, 0.1) is 12.6 Å². The predicted octanol–water partition coefficient (Wildman–Crippen LogP) is 2.20. The Morgan fingerprint density at radius 2 is 2.22 bits per heavy atom. The molecule has 4 nitrogen and oxygen atoms in total. The van der Waals surface area contributed by atoms with Crippen molar-refractivity contribution in [3.63, 3.8) is 0 Å². The Labute approximate surface area is 138 Å². The maximum Gasteiger partial charge on any atom is 0.237 e. The molecule has 0 saturated carbocycles. The number of likely N-dealkylation sites (tertiary alicyclic amines) is 1. The number of nitrogens with one attached hydrogen (secondary N) is 1. The highest BCUT2D eigenvalue weighted by Gasteiger charge is 2.36. The third kappa shape index (κ3) is 3.43. The lowest BCUT2D eigenvalue weighted by Gasteiger charge is -2.35. The van der Waals surface area contributed by atoms with Crippen LogP contribution in [0.4, 0.5) is 0 Å². The zero-order valence-electron chi connectivity index (χ0n) is 14.1. The van der Waals surface area contributed by atoms with Gasteiger partial charge in [0.25, 0.3) is 0 Å². The van der Waals surface area contributed by atoms with E-state index < -0.39 is 5.60 Å². The molecule has 1 heterocycles. The molecule has 1 aliphatic heterocycles. The predicted molar refractivity (Wildman–Crippen MR) is 91.2 cm³/mol. The second-order valence-electron chi connectivity index (χ2n) is 6.95. The van der Waals surface area contributed by atoms with E-state index in [9.17, 15) is 9.90 Å². The van der Waals surface area contributed by atoms with Gasteiger partial charge >= 0.3 is 0 Å². The van der Waals surface area contributed by atoms with Crippen LogP contribution in [0, 0.1) is 0 Å². The van der Waals surface area contributed by atoms with Gasteiger partial charge < -0.3 is 10.4 Å². The normalized spacial score (nSPS) is 27.7. The summed E-state index contributed by atoms with van der Waals surface area (Å²) in [4.78, 5) is 14.8. The lowest BCUT2D eigenvalue weighted by molar-refractivity contribution is -0.127. The second-order valence-corrected chi connectivity index (χ2v) is 6.95. The SMILES string of the molecule is CCCN1CCCC1C(=O)NCC1(O)CCCc2ccccc21. The van der Waals surface area contributed by atoms with E-state index in [-0.39, 0.29) is 11.9 Å². The van der Waals surface area contributed by atoms with Crippen LogP contribution in [0.1, 0.15) is 50.2 Å². The molecule has 2 unspecified atom stereocenters. The Hall–Kier alpha value is -1.39. The number of carbonyl (C=O) groups excluding carboxylic acids is 1. The number of nitrogens with zero attached hydrogens (tertiary/aromatic N) is 1. The van der Waals surface area contributed by atoms with Crippen molar-refractivity contribution < 1.29 is 9.90 Å². The minimum Gasteiger partial charge on any atom is -0.383 e. The molecule has 2 aliphatic rings. The van der Waals surface area contributed by atoms with Gasteiger partial charge in [-0.15, -0.1) is 0 Å². The molecule has 4 heteroatoms. The van der Waals surface area contributed by atoms with Crippen LogP contribution in [0.2, 0.25) is 0 Å². The summed E-state index contributed by atoms with van der Waals surface area (Å²) in [5, 5.41) is 14.1. The highest BCUT2D eigenvalue weighted by atomic mass is 16.3. The van der Waals surface area contributed by atoms with Crippen molar-refractivity contribution in [3.8, 4) is 0 Å². The van der Waals surface area contributed by atoms with E-state index in [1.807, 2.05) is 18.2 Å². The van der Waals surface area contributed by atoms with Crippen LogP contribution >= 0.6 is 0 Å². The summed E-state index contributed by atoms with van der Waals surface area (Å²) in [7, 11) is 0. The number of hydrogen-bond acceptors (Lipinski definition) is 3. The summed E-state index contributed by atoms with van der Waals surface area (Å²) in [6.45, 7) is 4.46. The first-order chi connectivity index (χ1) is 11.1. The minimum absolute atomic E-state index is 0.0163. The molecule has 23 heavy (non-hydrogen) atoms. The van der Waals surface area contributed by atoms with Crippen molar-refractivity contribution in [2.24, 2.45) is 0 Å². The van der Waals surface area contributed by atoms with Crippen LogP contribution in [0.3, 0.4) is 0 Å². The number of benzene rings is 1. The average Bonchev–Trinajstić information content (AvgIpc) is 3.02. The highest BCUT2D eigenvalue weighted by Crippen LogP contribution is 2.34. The topological polar surface area (TPSA) is 52.6 Å². The van der Waals surface area contributed by atoms with Gasteiger partial charge in [-0.1, -0.05) is 31.2 Å². The Kier molecular flexibility index (Phi) is 5.02. The van der Waals surface area contributed by atoms with Gasteiger partial charge in [-0.05, 0) is 62.7 Å². The molecule has 1 aliphatic carbocycles. The van der Waals surface area contributed by atoms with Crippen molar-refractivity contribution in [1.29, 1.82) is 0 Å². The first-order valence-corrected chi connectivity index (χ1v) is 8.96. The van der Waals surface area contributed by atoms with E-state index >= 15 is 0 Å². The fourth-order valence-electron chi connectivity index (χ4n) is 4.11. The standard InChI is InChI=1S/C19H28N2O2/c1-2-12-21-13-6-10-17(21)18(22)20-14-19(23)11-5-8-15-7-3-4-9-16(15)19/h3-4,7,9,17,23H,2,5-6,8,10-14H2,1H3,(H,20,22). The van der Waals surface area contributed by atoms with Crippen molar-refractivity contribution >= 4 is 5.91 Å². The fraction of sp³-hybridized carbons (Fsp3) is 0.632. The third-order valence-corrected chi connectivity index (χ3v) is 5.29. The quantitative estimate of drug-likeness (QED) is 0.875. The maximum absolute atomic E-state index is 12.6. The molecule has 0 radical (unpaired) electrons. The number of rotatable bonds is 5. The summed E-state index contributed by atoms with van der Waals surface area (Å²) < 4.78 is 0. The van der Waals surface area contributed by atoms with Gasteiger partial charge in [-0.2, -0.15) is 0 Å². The Balaban J connectivity index is 1.65. The molecule has 126 valence electrons. The molecule has 1 aromatic carbocycles. The Morgan fingerprint density at radius 3 is 3.04 bits per heavy atom. The zero-order valence-corrected chi connectivity index (χ0v) is 14.1. The molecule has 1 saturated heterocycles. The average molecular weight is 316 g/mol. The number of hydrogen-bond donors (Lipinski definition) is 2. The van der Waals surface area contributed by atoms with Crippen molar-refractivity contribution in [2.75, 3.05) is 19.6 Å². The van der Waals surface area contributed by atoms with E-state index in [0.717, 1.165) is 50.8 Å². The maximum atomic E-state index is 12.6. The first-order valence-electron chi connectivity index (χ1n) is 8.96. The van der Waals surface area contributed by atoms with Crippen LogP contribution in [0.5, 0.6) is 0 Å². The summed E-state index contributed by atoms with van der Waals surface area (Å²) in [6.07, 6.45) is 5.79. The molecule has 3 rings (SSSR count). The monoisotopic (exact) mass is 316 g/mol. The molecule has 1 amide bonds. The number of aryl methyl sites for hydroxylation is 1. The van der Waals surface area contributed by atoms with E-state index in [4.69, 9.17) is 0 Å². The number of aliphatic hydroxyl groups is 1. The molecular weight excluding hydrogens is 288 g/mol. The van der Waals surface area contributed by atoms with Crippen LogP contribution in [-0.4, -0.2) is 41.6 Å². The van der Waals surface area contributed by atoms with E-state index in [1.54, 1.807) is 0 Å². The largest absolute Gasteiger partial charge is 0.383 e. The molecule has 0 bridgehead atoms. The van der Waals surface area contributed by atoms with E-state index in [1.165, 1.54) is 5.56 Å². The van der Waals surface area contributed by atoms with Crippen LogP contribution < -0.4 is 5.32 Å². The number of amides is 1. The smallest absolute Gasteiger partial charge is 0.237 e. The second kappa shape index (κ2) is 7.02. The molecular formula is C19H28N2O2. The summed E-state index contributed by atoms with van der Waals surface area (Å²) in [6, 6.07) is 8.06. The van der Waals surface area contributed by atoms with Crippen molar-refractivity contribution in [3.05, 3.63) is 35.4 Å². The van der Waals surface area contributed by atoms with E-state index in [2.05, 4.69) is 23.2 Å². The molecule has 0 aromatic heterocycles. The Bertz CT molecular complexity index is 560. The van der Waals surface area contributed by atoms with Gasteiger partial charge in [0, 0.05) is 0 Å². The fourth-order valence-corrected chi connectivity index (χ4v) is 4.11. The molecule has 2 atom stereocenters. The van der Waals surface area contributed by atoms with Crippen molar-refractivity contribution in [1.82, 2.24) is 10.2 Å². The van der Waals surface area contributed by atoms with Gasteiger partial charge in [0.15, 0.2) is 0 Å². The number of fused-ring (bicyclic) bond motifs is 1. The van der Waals surface area contributed by atoms with Crippen molar-refractivity contribution in [2.45, 2.75) is 57.1 Å². The van der Waals surface area contributed by atoms with Crippen LogP contribution in [0.25, 0.3) is 0 Å². The minimum atomic E-state index is -0.918. The van der Waals surface area contributed by atoms with Gasteiger partial charge in [0.1, 0.15) is 5.60 Å². The van der Waals surface area contributed by atoms with Gasteiger partial charge in [-0.25, -0.2) is 0 Å². The van der Waals surface area contributed by atoms with Gasteiger partial charge in [0.2, 0.25) is 5.91 Å². The van der Waals surface area contributed by atoms with Gasteiger partial charge in [-0.3, -0.25) is 9.69 Å². The number of carbonyl (C=O) groups is 1. The highest BCUT2D eigenvalue weighted by molar-refractivity contribution is 5.82. The first kappa shape index (κ1) is 16.5. The summed E-state index contributed by atoms with van der Waals surface area (Å²) in [5.41, 5.74) is 1.28.